The molecule has 0 bridgehead atoms. The topological polar surface area (TPSA) is 92.0 Å². The third-order valence-corrected chi connectivity index (χ3v) is 5.15. The highest BCUT2D eigenvalue weighted by Crippen LogP contribution is 2.29. The molecule has 1 aliphatic rings. The van der Waals surface area contributed by atoms with Crippen molar-refractivity contribution in [2.75, 3.05) is 18.0 Å². The van der Waals surface area contributed by atoms with Gasteiger partial charge in [-0.05, 0) is 18.2 Å². The Morgan fingerprint density at radius 2 is 2.06 bits per heavy atom. The van der Waals surface area contributed by atoms with Crippen LogP contribution in [0, 0.1) is 0 Å². The predicted molar refractivity (Wildman–Crippen MR) is 122 cm³/mol. The molecule has 8 nitrogen and oxygen atoms in total. The number of nitrogens with zero attached hydrogens (tertiary/aromatic N) is 5. The zero-order valence-corrected chi connectivity index (χ0v) is 18.3. The van der Waals surface area contributed by atoms with E-state index in [9.17, 15) is 9.59 Å². The second kappa shape index (κ2) is 9.05. The minimum Gasteiger partial charge on any atom is -0.301 e. The Balaban J connectivity index is 1.58. The Kier molecular flexibility index (Phi) is 6.03. The molecule has 1 aromatic heterocycles. The number of hydrogen-bond acceptors (Lipinski definition) is 5. The maximum atomic E-state index is 12.9. The van der Waals surface area contributed by atoms with Gasteiger partial charge in [0.15, 0.2) is 0 Å². The van der Waals surface area contributed by atoms with Crippen molar-refractivity contribution >= 4 is 45.4 Å². The van der Waals surface area contributed by atoms with Gasteiger partial charge in [0.25, 0.3) is 5.91 Å². The van der Waals surface area contributed by atoms with Crippen LogP contribution in [0.3, 0.4) is 0 Å². The first-order valence-electron chi connectivity index (χ1n) is 9.52. The Labute approximate surface area is 187 Å². The summed E-state index contributed by atoms with van der Waals surface area (Å²) in [5.41, 5.74) is 6.24. The van der Waals surface area contributed by atoms with E-state index in [1.165, 1.54) is 11.1 Å². The van der Waals surface area contributed by atoms with Crippen LogP contribution < -0.4 is 10.3 Å². The van der Waals surface area contributed by atoms with Crippen LogP contribution in [0.5, 0.6) is 0 Å². The molecule has 0 unspecified atom stereocenters. The van der Waals surface area contributed by atoms with E-state index < -0.39 is 5.91 Å². The van der Waals surface area contributed by atoms with Crippen LogP contribution in [0.2, 0.25) is 0 Å². The van der Waals surface area contributed by atoms with E-state index in [1.54, 1.807) is 24.1 Å². The Hall–Kier alpha value is -3.59. The number of nitrogens with one attached hydrogen (secondary N) is 1. The summed E-state index contributed by atoms with van der Waals surface area (Å²) < 4.78 is 2.49. The van der Waals surface area contributed by atoms with Gasteiger partial charge in [0.05, 0.1) is 23.8 Å². The third-order valence-electron chi connectivity index (χ3n) is 4.65. The van der Waals surface area contributed by atoms with Crippen molar-refractivity contribution < 1.29 is 9.59 Å². The number of hydrazone groups is 1. The molecule has 156 valence electrons. The molecule has 31 heavy (non-hydrogen) atoms. The zero-order chi connectivity index (χ0) is 21.8. The summed E-state index contributed by atoms with van der Waals surface area (Å²) >= 11 is 3.50. The number of halogens is 1. The van der Waals surface area contributed by atoms with Gasteiger partial charge in [0.2, 0.25) is 5.91 Å². The van der Waals surface area contributed by atoms with Gasteiger partial charge in [-0.1, -0.05) is 46.3 Å². The molecule has 2 aromatic carbocycles. The molecule has 0 saturated heterocycles. The van der Waals surface area contributed by atoms with E-state index in [1.807, 2.05) is 48.5 Å². The summed E-state index contributed by atoms with van der Waals surface area (Å²) in [6.45, 7) is -0.224. The summed E-state index contributed by atoms with van der Waals surface area (Å²) in [4.78, 5) is 31.3. The number of aryl methyl sites for hydroxylation is 1. The molecule has 3 aromatic rings. The monoisotopic (exact) mass is 478 g/mol. The molecular weight excluding hydrogens is 460 g/mol. The van der Waals surface area contributed by atoms with Crippen molar-refractivity contribution in [3.63, 3.8) is 0 Å². The van der Waals surface area contributed by atoms with Gasteiger partial charge in [0.1, 0.15) is 13.1 Å². The second-order valence-corrected chi connectivity index (χ2v) is 7.83. The predicted octanol–water partition coefficient (Wildman–Crippen LogP) is 2.52. The van der Waals surface area contributed by atoms with E-state index in [-0.39, 0.29) is 19.0 Å². The molecule has 0 spiro atoms. The van der Waals surface area contributed by atoms with Crippen LogP contribution >= 0.6 is 15.9 Å². The smallest absolute Gasteiger partial charge is 0.260 e. The lowest BCUT2D eigenvalue weighted by atomic mass is 10.0. The van der Waals surface area contributed by atoms with E-state index >= 15 is 0 Å². The van der Waals surface area contributed by atoms with Crippen LogP contribution in [0.4, 0.5) is 5.69 Å². The maximum absolute atomic E-state index is 12.9. The highest BCUT2D eigenvalue weighted by atomic mass is 79.9. The van der Waals surface area contributed by atoms with Gasteiger partial charge in [-0.2, -0.15) is 10.2 Å². The SMILES string of the molecule is Cn1cc(/C=N/NC(=O)CN2C(=O)CN=C(c3ccccc3)c3cc(Br)ccc32)cn1. The van der Waals surface area contributed by atoms with E-state index in [0.29, 0.717) is 11.4 Å². The Bertz CT molecular complexity index is 1190. The molecule has 2 amide bonds. The maximum Gasteiger partial charge on any atom is 0.260 e. The van der Waals surface area contributed by atoms with E-state index in [2.05, 4.69) is 36.5 Å². The average molecular weight is 479 g/mol. The van der Waals surface area contributed by atoms with Crippen LogP contribution in [-0.2, 0) is 16.6 Å². The fourth-order valence-corrected chi connectivity index (χ4v) is 3.63. The van der Waals surface area contributed by atoms with Crippen molar-refractivity contribution in [1.29, 1.82) is 0 Å². The minimum atomic E-state index is -0.412. The fourth-order valence-electron chi connectivity index (χ4n) is 3.27. The summed E-state index contributed by atoms with van der Waals surface area (Å²) in [6, 6.07) is 15.2. The lowest BCUT2D eigenvalue weighted by Crippen LogP contribution is -2.40. The number of carbonyl (C=O) groups excluding carboxylic acids is 2. The number of anilines is 1. The minimum absolute atomic E-state index is 0.0528. The molecular formula is C22H19BrN6O2. The molecule has 0 saturated carbocycles. The number of rotatable bonds is 5. The molecule has 1 N–H and O–H groups in total. The summed E-state index contributed by atoms with van der Waals surface area (Å²) in [5, 5.41) is 7.99. The van der Waals surface area contributed by atoms with Crippen LogP contribution in [0.25, 0.3) is 0 Å². The number of amides is 2. The number of carbonyl (C=O) groups is 2. The molecule has 0 aliphatic carbocycles. The highest BCUT2D eigenvalue weighted by molar-refractivity contribution is 9.10. The molecule has 1 aliphatic heterocycles. The van der Waals surface area contributed by atoms with E-state index in [4.69, 9.17) is 0 Å². The van der Waals surface area contributed by atoms with Crippen LogP contribution in [-0.4, -0.2) is 46.6 Å². The summed E-state index contributed by atoms with van der Waals surface area (Å²) in [5.74, 6) is -0.675. The summed E-state index contributed by atoms with van der Waals surface area (Å²) in [7, 11) is 1.79. The molecule has 4 rings (SSSR count). The molecule has 0 fully saturated rings. The standard InChI is InChI=1S/C22H19BrN6O2/c1-28-13-15(11-26-28)10-25-27-20(30)14-29-19-8-7-17(23)9-18(19)22(24-12-21(29)31)16-5-3-2-4-6-16/h2-11,13H,12,14H2,1H3,(H,27,30)/b25-10+. The van der Waals surface area contributed by atoms with Gasteiger partial charge < -0.3 is 4.90 Å². The van der Waals surface area contributed by atoms with Crippen molar-refractivity contribution in [1.82, 2.24) is 15.2 Å². The number of aliphatic imine (C=N–C) groups is 1. The van der Waals surface area contributed by atoms with E-state index in [0.717, 1.165) is 21.2 Å². The number of aromatic nitrogens is 2. The Morgan fingerprint density at radius 1 is 1.26 bits per heavy atom. The molecule has 9 heteroatoms. The van der Waals surface area contributed by atoms with Gasteiger partial charge in [0, 0.05) is 34.4 Å². The first kappa shape index (κ1) is 20.7. The molecule has 0 atom stereocenters. The van der Waals surface area contributed by atoms with Crippen LogP contribution in [0.15, 0.2) is 75.5 Å². The molecule has 0 radical (unpaired) electrons. The van der Waals surface area contributed by atoms with Crippen molar-refractivity contribution in [3.8, 4) is 0 Å². The second-order valence-electron chi connectivity index (χ2n) is 6.91. The van der Waals surface area contributed by atoms with Gasteiger partial charge >= 0.3 is 0 Å². The zero-order valence-electron chi connectivity index (χ0n) is 16.7. The van der Waals surface area contributed by atoms with Crippen molar-refractivity contribution in [3.05, 3.63) is 82.1 Å². The fraction of sp³-hybridized carbons (Fsp3) is 0.136. The van der Waals surface area contributed by atoms with Crippen molar-refractivity contribution in [2.45, 2.75) is 0 Å². The quantitative estimate of drug-likeness (QED) is 0.451. The van der Waals surface area contributed by atoms with Crippen molar-refractivity contribution in [2.24, 2.45) is 17.1 Å². The number of hydrogen-bond donors (Lipinski definition) is 1. The first-order valence-corrected chi connectivity index (χ1v) is 10.3. The normalized spacial score (nSPS) is 13.7. The highest BCUT2D eigenvalue weighted by Gasteiger charge is 2.27. The lowest BCUT2D eigenvalue weighted by molar-refractivity contribution is -0.123. The Morgan fingerprint density at radius 3 is 2.81 bits per heavy atom. The van der Waals surface area contributed by atoms with Gasteiger partial charge in [-0.25, -0.2) is 5.43 Å². The lowest BCUT2D eigenvalue weighted by Gasteiger charge is -2.22. The van der Waals surface area contributed by atoms with Gasteiger partial charge in [-0.3, -0.25) is 19.3 Å². The van der Waals surface area contributed by atoms with Gasteiger partial charge in [-0.15, -0.1) is 0 Å². The largest absolute Gasteiger partial charge is 0.301 e. The number of fused-ring (bicyclic) bond motifs is 1. The first-order chi connectivity index (χ1) is 15.0. The van der Waals surface area contributed by atoms with Crippen LogP contribution in [0.1, 0.15) is 16.7 Å². The third kappa shape index (κ3) is 4.77. The molecule has 2 heterocycles. The number of benzodiazepines with no additional fused rings is 1. The average Bonchev–Trinajstić information content (AvgIpc) is 3.12. The summed E-state index contributed by atoms with van der Waals surface area (Å²) in [6.07, 6.45) is 4.89. The number of benzene rings is 2.